The number of hydrogen-bond donors (Lipinski definition) is 2. The van der Waals surface area contributed by atoms with Crippen LogP contribution in [0.5, 0.6) is 0 Å². The number of nitrogens with one attached hydrogen (secondary N) is 1. The number of carbonyl (C=O) groups is 4. The Kier molecular flexibility index (Phi) is 7.24. The van der Waals surface area contributed by atoms with Crippen LogP contribution in [0.25, 0.3) is 0 Å². The van der Waals surface area contributed by atoms with Gasteiger partial charge in [-0.1, -0.05) is 60.3 Å². The lowest BCUT2D eigenvalue weighted by Crippen LogP contribution is -2.52. The van der Waals surface area contributed by atoms with E-state index in [4.69, 9.17) is 0 Å². The molecule has 1 aliphatic rings. The molecule has 2 aromatic carbocycles. The predicted molar refractivity (Wildman–Crippen MR) is 113 cm³/mol. The van der Waals surface area contributed by atoms with E-state index in [0.717, 1.165) is 11.8 Å². The number of carbonyl (C=O) groups excluding carboxylic acids is 3. The Bertz CT molecular complexity index is 920. The Morgan fingerprint density at radius 3 is 2.20 bits per heavy atom. The van der Waals surface area contributed by atoms with Gasteiger partial charge >= 0.3 is 5.97 Å². The Balaban J connectivity index is 1.75. The highest BCUT2D eigenvalue weighted by Gasteiger charge is 2.38. The minimum atomic E-state index is -1.07. The van der Waals surface area contributed by atoms with Crippen LogP contribution in [0.15, 0.2) is 60.7 Å². The van der Waals surface area contributed by atoms with Gasteiger partial charge in [-0.2, -0.15) is 0 Å². The smallest absolute Gasteiger partial charge is 0.326 e. The maximum absolute atomic E-state index is 13.1. The van der Waals surface area contributed by atoms with Crippen LogP contribution < -0.4 is 5.32 Å². The van der Waals surface area contributed by atoms with E-state index in [9.17, 15) is 24.3 Å². The molecule has 2 amide bonds. The fourth-order valence-electron chi connectivity index (χ4n) is 3.31. The molecule has 7 nitrogen and oxygen atoms in total. The SMILES string of the molecule is O=C(N[C@@H](CSC(=O)c1ccccc1)C(=O)N1CCC[C@H]1C(=O)O)c1ccccc1. The summed E-state index contributed by atoms with van der Waals surface area (Å²) < 4.78 is 0. The average molecular weight is 426 g/mol. The molecule has 0 aromatic heterocycles. The lowest BCUT2D eigenvalue weighted by molar-refractivity contribution is -0.148. The predicted octanol–water partition coefficient (Wildman–Crippen LogP) is 2.43. The molecule has 1 fully saturated rings. The summed E-state index contributed by atoms with van der Waals surface area (Å²) in [6.45, 7) is 0.310. The van der Waals surface area contributed by atoms with Gasteiger partial charge in [0, 0.05) is 23.4 Å². The van der Waals surface area contributed by atoms with E-state index in [0.29, 0.717) is 30.5 Å². The topological polar surface area (TPSA) is 104 Å². The van der Waals surface area contributed by atoms with Crippen molar-refractivity contribution in [2.45, 2.75) is 24.9 Å². The molecule has 2 aromatic rings. The van der Waals surface area contributed by atoms with Crippen molar-refractivity contribution in [2.75, 3.05) is 12.3 Å². The molecule has 0 bridgehead atoms. The highest BCUT2D eigenvalue weighted by molar-refractivity contribution is 8.14. The Morgan fingerprint density at radius 2 is 1.60 bits per heavy atom. The highest BCUT2D eigenvalue weighted by Crippen LogP contribution is 2.21. The van der Waals surface area contributed by atoms with Crippen LogP contribution in [-0.2, 0) is 9.59 Å². The van der Waals surface area contributed by atoms with E-state index in [-0.39, 0.29) is 10.9 Å². The van der Waals surface area contributed by atoms with Crippen molar-refractivity contribution < 1.29 is 24.3 Å². The summed E-state index contributed by atoms with van der Waals surface area (Å²) in [6, 6.07) is 15.1. The molecule has 3 rings (SSSR count). The van der Waals surface area contributed by atoms with Gasteiger partial charge in [0.15, 0.2) is 0 Å². The first-order valence-corrected chi connectivity index (χ1v) is 10.6. The summed E-state index contributed by atoms with van der Waals surface area (Å²) in [5, 5.41) is 11.9. The zero-order valence-corrected chi connectivity index (χ0v) is 17.0. The number of aliphatic carboxylic acids is 1. The largest absolute Gasteiger partial charge is 0.480 e. The van der Waals surface area contributed by atoms with Gasteiger partial charge in [0.2, 0.25) is 11.0 Å². The van der Waals surface area contributed by atoms with Crippen LogP contribution in [0.1, 0.15) is 33.6 Å². The Morgan fingerprint density at radius 1 is 1.00 bits per heavy atom. The molecule has 1 heterocycles. The quantitative estimate of drug-likeness (QED) is 0.705. The van der Waals surface area contributed by atoms with Crippen LogP contribution in [0, 0.1) is 0 Å². The summed E-state index contributed by atoms with van der Waals surface area (Å²) in [6.07, 6.45) is 0.953. The number of likely N-dealkylation sites (tertiary alicyclic amines) is 1. The first kappa shape index (κ1) is 21.6. The van der Waals surface area contributed by atoms with Crippen LogP contribution in [0.4, 0.5) is 0 Å². The van der Waals surface area contributed by atoms with E-state index in [1.54, 1.807) is 60.7 Å². The first-order chi connectivity index (χ1) is 14.5. The molecular formula is C22H22N2O5S. The van der Waals surface area contributed by atoms with Gasteiger partial charge in [0.25, 0.3) is 5.91 Å². The number of rotatable bonds is 7. The summed E-state index contributed by atoms with van der Waals surface area (Å²) in [5.41, 5.74) is 0.874. The molecule has 0 radical (unpaired) electrons. The second-order valence-electron chi connectivity index (χ2n) is 6.88. The Labute approximate surface area is 178 Å². The third-order valence-corrected chi connectivity index (χ3v) is 5.85. The van der Waals surface area contributed by atoms with Crippen LogP contribution >= 0.6 is 11.8 Å². The van der Waals surface area contributed by atoms with Crippen molar-refractivity contribution in [3.8, 4) is 0 Å². The van der Waals surface area contributed by atoms with E-state index in [1.165, 1.54) is 4.90 Å². The fraction of sp³-hybridized carbons (Fsp3) is 0.273. The average Bonchev–Trinajstić information content (AvgIpc) is 3.27. The molecule has 1 saturated heterocycles. The molecule has 0 saturated carbocycles. The van der Waals surface area contributed by atoms with Crippen molar-refractivity contribution >= 4 is 34.7 Å². The number of carboxylic acids is 1. The van der Waals surface area contributed by atoms with E-state index in [2.05, 4.69) is 5.32 Å². The normalized spacial score (nSPS) is 16.7. The zero-order valence-electron chi connectivity index (χ0n) is 16.2. The molecule has 1 aliphatic heterocycles. The summed E-state index contributed by atoms with van der Waals surface area (Å²) in [5.74, 6) is -2.00. The molecule has 8 heteroatoms. The lowest BCUT2D eigenvalue weighted by Gasteiger charge is -2.27. The second-order valence-corrected chi connectivity index (χ2v) is 7.88. The summed E-state index contributed by atoms with van der Waals surface area (Å²) in [4.78, 5) is 50.9. The van der Waals surface area contributed by atoms with E-state index >= 15 is 0 Å². The fourth-order valence-corrected chi connectivity index (χ4v) is 4.16. The van der Waals surface area contributed by atoms with Crippen molar-refractivity contribution in [3.63, 3.8) is 0 Å². The Hall–Kier alpha value is -3.13. The van der Waals surface area contributed by atoms with E-state index in [1.807, 2.05) is 0 Å². The first-order valence-electron chi connectivity index (χ1n) is 9.58. The van der Waals surface area contributed by atoms with Gasteiger partial charge in [-0.05, 0) is 25.0 Å². The summed E-state index contributed by atoms with van der Waals surface area (Å²) in [7, 11) is 0. The van der Waals surface area contributed by atoms with Crippen molar-refractivity contribution in [3.05, 3.63) is 71.8 Å². The minimum Gasteiger partial charge on any atom is -0.480 e. The third-order valence-electron chi connectivity index (χ3n) is 4.85. The molecule has 2 atom stereocenters. The third kappa shape index (κ3) is 5.27. The van der Waals surface area contributed by atoms with Gasteiger partial charge < -0.3 is 15.3 Å². The number of benzene rings is 2. The summed E-state index contributed by atoms with van der Waals surface area (Å²) >= 11 is 0.923. The van der Waals surface area contributed by atoms with Gasteiger partial charge in [-0.15, -0.1) is 0 Å². The standard InChI is InChI=1S/C22H22N2O5S/c25-19(15-8-3-1-4-9-15)23-17(14-30-22(29)16-10-5-2-6-11-16)20(26)24-13-7-12-18(24)21(27)28/h1-6,8-11,17-18H,7,12-14H2,(H,23,25)(H,27,28)/t17-,18-/m0/s1. The number of nitrogens with zero attached hydrogens (tertiary/aromatic N) is 1. The molecule has 156 valence electrons. The van der Waals surface area contributed by atoms with Crippen LogP contribution in [0.3, 0.4) is 0 Å². The zero-order chi connectivity index (χ0) is 21.5. The van der Waals surface area contributed by atoms with Crippen molar-refractivity contribution in [1.82, 2.24) is 10.2 Å². The van der Waals surface area contributed by atoms with Gasteiger partial charge in [0.1, 0.15) is 12.1 Å². The van der Waals surface area contributed by atoms with Crippen LogP contribution in [-0.4, -0.2) is 57.3 Å². The second kappa shape index (κ2) is 10.1. The minimum absolute atomic E-state index is 0.00791. The van der Waals surface area contributed by atoms with Gasteiger partial charge in [-0.25, -0.2) is 4.79 Å². The monoisotopic (exact) mass is 426 g/mol. The molecule has 0 spiro atoms. The van der Waals surface area contributed by atoms with E-state index < -0.39 is 29.9 Å². The van der Waals surface area contributed by atoms with Crippen LogP contribution in [0.2, 0.25) is 0 Å². The number of thioether (sulfide) groups is 1. The molecule has 0 aliphatic carbocycles. The van der Waals surface area contributed by atoms with Crippen molar-refractivity contribution in [2.24, 2.45) is 0 Å². The van der Waals surface area contributed by atoms with Crippen molar-refractivity contribution in [1.29, 1.82) is 0 Å². The molecule has 2 N–H and O–H groups in total. The number of hydrogen-bond acceptors (Lipinski definition) is 5. The maximum atomic E-state index is 13.1. The molecular weight excluding hydrogens is 404 g/mol. The van der Waals surface area contributed by atoms with Gasteiger partial charge in [0.05, 0.1) is 0 Å². The molecule has 0 unspecified atom stereocenters. The number of amides is 2. The van der Waals surface area contributed by atoms with Gasteiger partial charge in [-0.3, -0.25) is 14.4 Å². The lowest BCUT2D eigenvalue weighted by atomic mass is 10.1. The highest BCUT2D eigenvalue weighted by atomic mass is 32.2. The maximum Gasteiger partial charge on any atom is 0.326 e. The molecule has 30 heavy (non-hydrogen) atoms. The number of carboxylic acid groups (broad SMARTS) is 1.